The number of carbonyl (C=O) groups is 1. The fourth-order valence-electron chi connectivity index (χ4n) is 2.29. The molecule has 0 heterocycles. The largest absolute Gasteiger partial charge is 0.460 e. The number of carbonyl (C=O) groups excluding carboxylic acids is 1. The minimum absolute atomic E-state index is 0.0377. The standard InChI is InChI=1S/C15H18F13NO/c1-5-7(3)29(8(4)6-2)9(30)10(16,17)11(18,19)12(20,21)13(22,23)14(24,25)15(26,27)28/h7-8H,5-6H2,1-4H3. The second kappa shape index (κ2) is 8.24. The number of rotatable bonds is 9. The van der Waals surface area contributed by atoms with E-state index in [1.54, 1.807) is 0 Å². The van der Waals surface area contributed by atoms with Crippen LogP contribution in [0.3, 0.4) is 0 Å². The van der Waals surface area contributed by atoms with E-state index in [1.807, 2.05) is 0 Å². The van der Waals surface area contributed by atoms with Gasteiger partial charge in [0.05, 0.1) is 0 Å². The van der Waals surface area contributed by atoms with E-state index < -0.39 is 53.8 Å². The Hall–Kier alpha value is -1.44. The molecule has 30 heavy (non-hydrogen) atoms. The third-order valence-corrected chi connectivity index (χ3v) is 4.57. The van der Waals surface area contributed by atoms with Gasteiger partial charge < -0.3 is 4.90 Å². The lowest BCUT2D eigenvalue weighted by Gasteiger charge is -2.42. The zero-order valence-electron chi connectivity index (χ0n) is 15.8. The smallest absolute Gasteiger partial charge is 0.332 e. The Morgan fingerprint density at radius 2 is 0.933 bits per heavy atom. The molecule has 0 aliphatic carbocycles. The van der Waals surface area contributed by atoms with Crippen LogP contribution in [-0.2, 0) is 4.79 Å². The average molecular weight is 475 g/mol. The highest BCUT2D eigenvalue weighted by molar-refractivity contribution is 5.85. The minimum atomic E-state index is -8.02. The second-order valence-electron chi connectivity index (χ2n) is 6.60. The summed E-state index contributed by atoms with van der Waals surface area (Å²) >= 11 is 0. The van der Waals surface area contributed by atoms with Gasteiger partial charge in [0, 0.05) is 12.1 Å². The van der Waals surface area contributed by atoms with Gasteiger partial charge in [-0.2, -0.15) is 57.1 Å². The van der Waals surface area contributed by atoms with Gasteiger partial charge in [0.15, 0.2) is 0 Å². The molecule has 180 valence electrons. The van der Waals surface area contributed by atoms with Crippen LogP contribution in [0.15, 0.2) is 0 Å². The maximum Gasteiger partial charge on any atom is 0.460 e. The predicted molar refractivity (Wildman–Crippen MR) is 77.1 cm³/mol. The van der Waals surface area contributed by atoms with Gasteiger partial charge in [-0.15, -0.1) is 0 Å². The lowest BCUT2D eigenvalue weighted by atomic mass is 9.92. The summed E-state index contributed by atoms with van der Waals surface area (Å²) in [5.74, 6) is -41.3. The van der Waals surface area contributed by atoms with Crippen molar-refractivity contribution in [2.24, 2.45) is 0 Å². The van der Waals surface area contributed by atoms with Gasteiger partial charge in [-0.05, 0) is 26.7 Å². The first kappa shape index (κ1) is 28.6. The second-order valence-corrected chi connectivity index (χ2v) is 6.60. The Morgan fingerprint density at radius 3 is 1.20 bits per heavy atom. The third-order valence-electron chi connectivity index (χ3n) is 4.57. The molecule has 0 aromatic carbocycles. The van der Waals surface area contributed by atoms with Gasteiger partial charge >= 0.3 is 35.8 Å². The van der Waals surface area contributed by atoms with Crippen molar-refractivity contribution in [3.63, 3.8) is 0 Å². The van der Waals surface area contributed by atoms with Crippen LogP contribution in [0.4, 0.5) is 57.1 Å². The number of amides is 1. The zero-order valence-corrected chi connectivity index (χ0v) is 15.8. The maximum atomic E-state index is 14.1. The molecule has 0 aliphatic heterocycles. The summed E-state index contributed by atoms with van der Waals surface area (Å²) in [5, 5.41) is 0. The molecular formula is C15H18F13NO. The molecule has 0 aromatic rings. The van der Waals surface area contributed by atoms with Crippen molar-refractivity contribution in [3.8, 4) is 0 Å². The molecule has 0 rings (SSSR count). The summed E-state index contributed by atoms with van der Waals surface area (Å²) in [6.45, 7) is 4.55. The Morgan fingerprint density at radius 1 is 0.633 bits per heavy atom. The van der Waals surface area contributed by atoms with Crippen molar-refractivity contribution in [1.82, 2.24) is 4.90 Å². The van der Waals surface area contributed by atoms with E-state index in [0.717, 1.165) is 13.8 Å². The van der Waals surface area contributed by atoms with Gasteiger partial charge in [-0.3, -0.25) is 4.79 Å². The lowest BCUT2D eigenvalue weighted by Crippen LogP contribution is -2.72. The molecule has 0 fully saturated rings. The molecule has 0 aromatic heterocycles. The molecule has 15 heteroatoms. The van der Waals surface area contributed by atoms with Gasteiger partial charge in [0.25, 0.3) is 5.91 Å². The molecule has 0 radical (unpaired) electrons. The van der Waals surface area contributed by atoms with Crippen LogP contribution in [0.2, 0.25) is 0 Å². The molecule has 2 unspecified atom stereocenters. The maximum absolute atomic E-state index is 14.1. The summed E-state index contributed by atoms with van der Waals surface area (Å²) in [7, 11) is 0. The third kappa shape index (κ3) is 4.04. The first-order valence-electron chi connectivity index (χ1n) is 8.29. The number of alkyl halides is 13. The molecular weight excluding hydrogens is 457 g/mol. The molecule has 2 atom stereocenters. The number of hydrogen-bond donors (Lipinski definition) is 0. The van der Waals surface area contributed by atoms with Crippen LogP contribution in [0.5, 0.6) is 0 Å². The van der Waals surface area contributed by atoms with E-state index in [1.165, 1.54) is 13.8 Å². The fraction of sp³-hybridized carbons (Fsp3) is 0.933. The Kier molecular flexibility index (Phi) is 7.85. The first-order chi connectivity index (χ1) is 13.0. The average Bonchev–Trinajstić information content (AvgIpc) is 2.59. The minimum Gasteiger partial charge on any atom is -0.332 e. The summed E-state index contributed by atoms with van der Waals surface area (Å²) in [6, 6.07) is -2.64. The Labute approximate surface area is 162 Å². The molecule has 0 saturated carbocycles. The Bertz CT molecular complexity index is 604. The van der Waals surface area contributed by atoms with E-state index in [0.29, 0.717) is 0 Å². The fourth-order valence-corrected chi connectivity index (χ4v) is 2.29. The van der Waals surface area contributed by atoms with E-state index in [-0.39, 0.29) is 17.7 Å². The highest BCUT2D eigenvalue weighted by Gasteiger charge is 2.91. The van der Waals surface area contributed by atoms with Crippen LogP contribution in [0.25, 0.3) is 0 Å². The zero-order chi connectivity index (χ0) is 24.7. The lowest BCUT2D eigenvalue weighted by molar-refractivity contribution is -0.436. The van der Waals surface area contributed by atoms with Crippen LogP contribution in [-0.4, -0.2) is 58.7 Å². The number of nitrogens with zero attached hydrogens (tertiary/aromatic N) is 1. The van der Waals surface area contributed by atoms with E-state index >= 15 is 0 Å². The van der Waals surface area contributed by atoms with Crippen molar-refractivity contribution < 1.29 is 61.9 Å². The molecule has 0 aliphatic rings. The first-order valence-corrected chi connectivity index (χ1v) is 8.29. The van der Waals surface area contributed by atoms with Gasteiger partial charge in [0.1, 0.15) is 0 Å². The van der Waals surface area contributed by atoms with E-state index in [4.69, 9.17) is 0 Å². The van der Waals surface area contributed by atoms with E-state index in [2.05, 4.69) is 0 Å². The van der Waals surface area contributed by atoms with Crippen LogP contribution < -0.4 is 0 Å². The normalized spacial score (nSPS) is 17.0. The van der Waals surface area contributed by atoms with Crippen LogP contribution >= 0.6 is 0 Å². The number of hydrogen-bond acceptors (Lipinski definition) is 1. The van der Waals surface area contributed by atoms with Crippen molar-refractivity contribution in [1.29, 1.82) is 0 Å². The van der Waals surface area contributed by atoms with Gasteiger partial charge in [0.2, 0.25) is 0 Å². The Balaban J connectivity index is 6.58. The monoisotopic (exact) mass is 475 g/mol. The van der Waals surface area contributed by atoms with Crippen molar-refractivity contribution in [2.75, 3.05) is 0 Å². The van der Waals surface area contributed by atoms with Crippen molar-refractivity contribution in [2.45, 2.75) is 88.4 Å². The molecule has 2 nitrogen and oxygen atoms in total. The molecule has 1 amide bonds. The highest BCUT2D eigenvalue weighted by atomic mass is 19.4. The van der Waals surface area contributed by atoms with Gasteiger partial charge in [-0.1, -0.05) is 13.8 Å². The van der Waals surface area contributed by atoms with Gasteiger partial charge in [-0.25, -0.2) is 0 Å². The summed E-state index contributed by atoms with van der Waals surface area (Å²) in [4.78, 5) is 11.9. The molecule has 0 spiro atoms. The number of halogens is 13. The molecule has 0 bridgehead atoms. The van der Waals surface area contributed by atoms with Crippen LogP contribution in [0, 0.1) is 0 Å². The van der Waals surface area contributed by atoms with Crippen LogP contribution in [0.1, 0.15) is 40.5 Å². The summed E-state index contributed by atoms with van der Waals surface area (Å²) in [5.41, 5.74) is 0. The topological polar surface area (TPSA) is 20.3 Å². The highest BCUT2D eigenvalue weighted by Crippen LogP contribution is 2.60. The summed E-state index contributed by atoms with van der Waals surface area (Å²) < 4.78 is 171. The quantitative estimate of drug-likeness (QED) is 0.367. The summed E-state index contributed by atoms with van der Waals surface area (Å²) in [6.07, 6.45) is -7.89. The van der Waals surface area contributed by atoms with Crippen molar-refractivity contribution in [3.05, 3.63) is 0 Å². The van der Waals surface area contributed by atoms with Crippen molar-refractivity contribution >= 4 is 5.91 Å². The predicted octanol–water partition coefficient (Wildman–Crippen LogP) is 6.15. The molecule has 0 N–H and O–H groups in total. The SMILES string of the molecule is CCC(C)N(C(=O)C(F)(F)C(F)(F)C(F)(F)C(F)(F)C(F)(F)C(F)(F)F)C(C)CC. The van der Waals surface area contributed by atoms with E-state index in [9.17, 15) is 61.9 Å². The molecule has 0 saturated heterocycles.